The highest BCUT2D eigenvalue weighted by molar-refractivity contribution is 6.02. The second-order valence-electron chi connectivity index (χ2n) is 5.66. The van der Waals surface area contributed by atoms with Gasteiger partial charge in [-0.25, -0.2) is 4.98 Å². The van der Waals surface area contributed by atoms with Crippen LogP contribution < -0.4 is 19.5 Å². The number of fused-ring (bicyclic) bond motifs is 1. The maximum atomic E-state index is 12.2. The van der Waals surface area contributed by atoms with Crippen molar-refractivity contribution in [3.05, 3.63) is 60.2 Å². The van der Waals surface area contributed by atoms with Gasteiger partial charge in [0, 0.05) is 19.2 Å². The standard InChI is InChI=1S/C19H16N2O6/c1-23-10-14-4-6-16(26-14)19(22)21-12-2-7-18(20-9-12)27-13-3-5-15-17(8-13)25-11-24-15/h2-9H,10-11H2,1H3,(H,21,22). The van der Waals surface area contributed by atoms with Crippen molar-refractivity contribution in [3.63, 3.8) is 0 Å². The van der Waals surface area contributed by atoms with Gasteiger partial charge in [-0.3, -0.25) is 4.79 Å². The van der Waals surface area contributed by atoms with Crippen molar-refractivity contribution in [3.8, 4) is 23.1 Å². The van der Waals surface area contributed by atoms with Crippen molar-refractivity contribution >= 4 is 11.6 Å². The van der Waals surface area contributed by atoms with Gasteiger partial charge in [-0.15, -0.1) is 0 Å². The van der Waals surface area contributed by atoms with E-state index in [2.05, 4.69) is 10.3 Å². The first-order valence-electron chi connectivity index (χ1n) is 8.14. The molecule has 0 saturated carbocycles. The molecule has 1 aliphatic heterocycles. The van der Waals surface area contributed by atoms with Gasteiger partial charge in [0.1, 0.15) is 18.1 Å². The van der Waals surface area contributed by atoms with E-state index in [1.54, 1.807) is 49.6 Å². The third-order valence-electron chi connectivity index (χ3n) is 3.73. The van der Waals surface area contributed by atoms with Crippen LogP contribution in [0.5, 0.6) is 23.1 Å². The molecular weight excluding hydrogens is 352 g/mol. The Labute approximate surface area is 154 Å². The zero-order valence-electron chi connectivity index (χ0n) is 14.4. The molecule has 1 N–H and O–H groups in total. The number of amides is 1. The minimum absolute atomic E-state index is 0.197. The van der Waals surface area contributed by atoms with Crippen molar-refractivity contribution in [2.75, 3.05) is 19.2 Å². The number of furan rings is 1. The number of rotatable bonds is 6. The number of pyridine rings is 1. The highest BCUT2D eigenvalue weighted by atomic mass is 16.7. The fourth-order valence-corrected chi connectivity index (χ4v) is 2.49. The van der Waals surface area contributed by atoms with E-state index in [0.29, 0.717) is 41.2 Å². The van der Waals surface area contributed by atoms with E-state index in [1.807, 2.05) is 0 Å². The third-order valence-corrected chi connectivity index (χ3v) is 3.73. The Morgan fingerprint density at radius 2 is 2.04 bits per heavy atom. The molecule has 138 valence electrons. The summed E-state index contributed by atoms with van der Waals surface area (Å²) < 4.78 is 26.6. The molecule has 0 radical (unpaired) electrons. The summed E-state index contributed by atoms with van der Waals surface area (Å²) in [6.45, 7) is 0.509. The van der Waals surface area contributed by atoms with Crippen molar-refractivity contribution in [1.29, 1.82) is 0 Å². The number of hydrogen-bond donors (Lipinski definition) is 1. The first-order chi connectivity index (χ1) is 13.2. The average molecular weight is 368 g/mol. The quantitative estimate of drug-likeness (QED) is 0.711. The molecule has 0 bridgehead atoms. The second kappa shape index (κ2) is 7.38. The molecule has 3 aromatic rings. The Kier molecular flexibility index (Phi) is 4.63. The molecule has 0 aliphatic carbocycles. The molecule has 2 aromatic heterocycles. The molecule has 8 heteroatoms. The molecule has 0 spiro atoms. The first-order valence-corrected chi connectivity index (χ1v) is 8.14. The predicted molar refractivity (Wildman–Crippen MR) is 94.3 cm³/mol. The normalized spacial score (nSPS) is 12.0. The molecule has 0 unspecified atom stereocenters. The lowest BCUT2D eigenvalue weighted by molar-refractivity contribution is 0.0987. The SMILES string of the molecule is COCc1ccc(C(=O)Nc2ccc(Oc3ccc4c(c3)OCO4)nc2)o1. The lowest BCUT2D eigenvalue weighted by Crippen LogP contribution is -2.11. The van der Waals surface area contributed by atoms with Gasteiger partial charge in [-0.1, -0.05) is 0 Å². The summed E-state index contributed by atoms with van der Waals surface area (Å²) in [6.07, 6.45) is 1.50. The summed E-state index contributed by atoms with van der Waals surface area (Å²) in [5.74, 6) is 2.67. The van der Waals surface area contributed by atoms with Crippen molar-refractivity contribution in [2.24, 2.45) is 0 Å². The van der Waals surface area contributed by atoms with Gasteiger partial charge in [0.25, 0.3) is 5.91 Å². The molecule has 0 fully saturated rings. The van der Waals surface area contributed by atoms with E-state index in [0.717, 1.165) is 0 Å². The topological polar surface area (TPSA) is 92.1 Å². The Morgan fingerprint density at radius 1 is 1.15 bits per heavy atom. The summed E-state index contributed by atoms with van der Waals surface area (Å²) in [5.41, 5.74) is 0.516. The number of nitrogens with one attached hydrogen (secondary N) is 1. The van der Waals surface area contributed by atoms with E-state index in [9.17, 15) is 4.79 Å². The van der Waals surface area contributed by atoms with Crippen LogP contribution in [0.15, 0.2) is 53.1 Å². The highest BCUT2D eigenvalue weighted by Crippen LogP contribution is 2.36. The van der Waals surface area contributed by atoms with Gasteiger partial charge in [-0.2, -0.15) is 0 Å². The zero-order chi connectivity index (χ0) is 18.6. The number of hydrogen-bond acceptors (Lipinski definition) is 7. The lowest BCUT2D eigenvalue weighted by atomic mass is 10.3. The molecule has 1 aromatic carbocycles. The maximum absolute atomic E-state index is 12.2. The fourth-order valence-electron chi connectivity index (χ4n) is 2.49. The van der Waals surface area contributed by atoms with Gasteiger partial charge in [-0.05, 0) is 30.3 Å². The van der Waals surface area contributed by atoms with Crippen molar-refractivity contribution < 1.29 is 28.2 Å². The molecule has 8 nitrogen and oxygen atoms in total. The molecule has 0 saturated heterocycles. The highest BCUT2D eigenvalue weighted by Gasteiger charge is 2.15. The Bertz CT molecular complexity index is 951. The van der Waals surface area contributed by atoms with Crippen LogP contribution in [0.25, 0.3) is 0 Å². The van der Waals surface area contributed by atoms with Gasteiger partial charge < -0.3 is 28.7 Å². The molecule has 1 aliphatic rings. The Balaban J connectivity index is 1.39. The van der Waals surface area contributed by atoms with Gasteiger partial charge in [0.15, 0.2) is 17.3 Å². The van der Waals surface area contributed by atoms with Gasteiger partial charge in [0.2, 0.25) is 12.7 Å². The van der Waals surface area contributed by atoms with E-state index in [4.69, 9.17) is 23.4 Å². The summed E-state index contributed by atoms with van der Waals surface area (Å²) in [4.78, 5) is 16.4. The molecule has 1 amide bonds. The van der Waals surface area contributed by atoms with E-state index in [1.165, 1.54) is 6.20 Å². The van der Waals surface area contributed by atoms with Crippen LogP contribution in [0.1, 0.15) is 16.3 Å². The van der Waals surface area contributed by atoms with Crippen LogP contribution in [0.4, 0.5) is 5.69 Å². The molecular formula is C19H16N2O6. The smallest absolute Gasteiger partial charge is 0.291 e. The van der Waals surface area contributed by atoms with Crippen LogP contribution in [-0.4, -0.2) is 24.8 Å². The number of benzene rings is 1. The average Bonchev–Trinajstić information content (AvgIpc) is 3.32. The van der Waals surface area contributed by atoms with Gasteiger partial charge in [0.05, 0.1) is 11.9 Å². The summed E-state index contributed by atoms with van der Waals surface area (Å²) in [6, 6.07) is 11.9. The molecule has 3 heterocycles. The first kappa shape index (κ1) is 16.9. The summed E-state index contributed by atoms with van der Waals surface area (Å²) in [7, 11) is 1.56. The van der Waals surface area contributed by atoms with Crippen LogP contribution in [-0.2, 0) is 11.3 Å². The van der Waals surface area contributed by atoms with Crippen molar-refractivity contribution in [2.45, 2.75) is 6.61 Å². The molecule has 0 atom stereocenters. The van der Waals surface area contributed by atoms with E-state index in [-0.39, 0.29) is 18.5 Å². The molecule has 27 heavy (non-hydrogen) atoms. The minimum atomic E-state index is -0.372. The van der Waals surface area contributed by atoms with Crippen LogP contribution in [0.2, 0.25) is 0 Å². The number of ether oxygens (including phenoxy) is 4. The largest absolute Gasteiger partial charge is 0.454 e. The van der Waals surface area contributed by atoms with Crippen LogP contribution in [0, 0.1) is 0 Å². The molecule has 4 rings (SSSR count). The maximum Gasteiger partial charge on any atom is 0.291 e. The third kappa shape index (κ3) is 3.85. The fraction of sp³-hybridized carbons (Fsp3) is 0.158. The summed E-state index contributed by atoms with van der Waals surface area (Å²) in [5, 5.41) is 2.71. The van der Waals surface area contributed by atoms with Crippen LogP contribution in [0.3, 0.4) is 0 Å². The second-order valence-corrected chi connectivity index (χ2v) is 5.66. The predicted octanol–water partition coefficient (Wildman–Crippen LogP) is 3.59. The van der Waals surface area contributed by atoms with Crippen LogP contribution >= 0.6 is 0 Å². The van der Waals surface area contributed by atoms with E-state index < -0.39 is 0 Å². The zero-order valence-corrected chi connectivity index (χ0v) is 14.4. The number of methoxy groups -OCH3 is 1. The Hall–Kier alpha value is -3.52. The number of nitrogens with zero attached hydrogens (tertiary/aromatic N) is 1. The monoisotopic (exact) mass is 368 g/mol. The summed E-state index contributed by atoms with van der Waals surface area (Å²) >= 11 is 0. The lowest BCUT2D eigenvalue weighted by Gasteiger charge is -2.07. The van der Waals surface area contributed by atoms with Gasteiger partial charge >= 0.3 is 0 Å². The Morgan fingerprint density at radius 3 is 2.85 bits per heavy atom. The minimum Gasteiger partial charge on any atom is -0.454 e. The van der Waals surface area contributed by atoms with Crippen molar-refractivity contribution in [1.82, 2.24) is 4.98 Å². The number of carbonyl (C=O) groups excluding carboxylic acids is 1. The number of aromatic nitrogens is 1. The number of carbonyl (C=O) groups is 1. The number of anilines is 1. The van der Waals surface area contributed by atoms with E-state index >= 15 is 0 Å².